The number of rotatable bonds is 58. The van der Waals surface area contributed by atoms with E-state index in [0.717, 1.165) is 161 Å². The number of unbranched alkanes of at least 4 members (excludes halogenated alkanes) is 25. The Labute approximate surface area is 487 Å². The molecule has 0 fully saturated rings. The summed E-state index contributed by atoms with van der Waals surface area (Å²) in [6.45, 7) is 6.47. The molecule has 0 aliphatic heterocycles. The highest BCUT2D eigenvalue weighted by Gasteiger charge is 2.19. The van der Waals surface area contributed by atoms with Gasteiger partial charge in [-0.1, -0.05) is 264 Å². The van der Waals surface area contributed by atoms with Gasteiger partial charge in [0.15, 0.2) is 6.10 Å². The molecule has 0 aromatic heterocycles. The van der Waals surface area contributed by atoms with Crippen molar-refractivity contribution in [2.45, 2.75) is 297 Å². The van der Waals surface area contributed by atoms with E-state index in [2.05, 4.69) is 154 Å². The lowest BCUT2D eigenvalue weighted by Crippen LogP contribution is -2.30. The quantitative estimate of drug-likeness (QED) is 0.0261. The maximum absolute atomic E-state index is 12.9. The summed E-state index contributed by atoms with van der Waals surface area (Å²) < 4.78 is 16.9. The van der Waals surface area contributed by atoms with Crippen LogP contribution in [0.15, 0.2) is 134 Å². The Morgan fingerprint density at radius 2 is 0.494 bits per heavy atom. The van der Waals surface area contributed by atoms with Gasteiger partial charge in [-0.25, -0.2) is 0 Å². The molecule has 0 aromatic rings. The highest BCUT2D eigenvalue weighted by atomic mass is 16.6. The van der Waals surface area contributed by atoms with Gasteiger partial charge in [-0.3, -0.25) is 14.4 Å². The van der Waals surface area contributed by atoms with Crippen molar-refractivity contribution in [3.8, 4) is 0 Å². The predicted molar refractivity (Wildman–Crippen MR) is 343 cm³/mol. The fourth-order valence-electron chi connectivity index (χ4n) is 8.72. The fourth-order valence-corrected chi connectivity index (χ4v) is 8.72. The molecule has 0 amide bonds. The largest absolute Gasteiger partial charge is 0.462 e. The lowest BCUT2D eigenvalue weighted by Gasteiger charge is -2.18. The van der Waals surface area contributed by atoms with E-state index in [9.17, 15) is 14.4 Å². The van der Waals surface area contributed by atoms with Crippen molar-refractivity contribution in [3.05, 3.63) is 134 Å². The van der Waals surface area contributed by atoms with Crippen LogP contribution in [0, 0.1) is 0 Å². The van der Waals surface area contributed by atoms with Crippen LogP contribution in [-0.2, 0) is 28.6 Å². The maximum atomic E-state index is 12.9. The van der Waals surface area contributed by atoms with Crippen LogP contribution in [0.2, 0.25) is 0 Å². The first-order valence-electron chi connectivity index (χ1n) is 32.7. The molecule has 0 saturated heterocycles. The molecular weight excluding hydrogens is 973 g/mol. The average molecular weight is 1090 g/mol. The third-order valence-electron chi connectivity index (χ3n) is 13.6. The Morgan fingerprint density at radius 1 is 0.266 bits per heavy atom. The number of ether oxygens (including phenoxy) is 3. The summed E-state index contributed by atoms with van der Waals surface area (Å²) in [6, 6.07) is 0. The molecule has 0 aromatic carbocycles. The number of hydrogen-bond donors (Lipinski definition) is 0. The third-order valence-corrected chi connectivity index (χ3v) is 13.6. The van der Waals surface area contributed by atoms with E-state index in [1.54, 1.807) is 0 Å². The van der Waals surface area contributed by atoms with Crippen LogP contribution in [0.1, 0.15) is 290 Å². The van der Waals surface area contributed by atoms with Crippen LogP contribution in [-0.4, -0.2) is 37.2 Å². The molecule has 0 rings (SSSR count). The van der Waals surface area contributed by atoms with Crippen molar-refractivity contribution in [1.82, 2.24) is 0 Å². The monoisotopic (exact) mass is 1090 g/mol. The molecule has 6 heteroatoms. The molecule has 0 N–H and O–H groups in total. The van der Waals surface area contributed by atoms with Crippen molar-refractivity contribution in [2.24, 2.45) is 0 Å². The van der Waals surface area contributed by atoms with Gasteiger partial charge >= 0.3 is 17.9 Å². The van der Waals surface area contributed by atoms with Crippen LogP contribution in [0.3, 0.4) is 0 Å². The summed E-state index contributed by atoms with van der Waals surface area (Å²) in [5.74, 6) is -0.935. The highest BCUT2D eigenvalue weighted by Crippen LogP contribution is 2.14. The van der Waals surface area contributed by atoms with Gasteiger partial charge in [-0.05, 0) is 141 Å². The van der Waals surface area contributed by atoms with Gasteiger partial charge in [0, 0.05) is 19.3 Å². The third kappa shape index (κ3) is 64.3. The first-order valence-corrected chi connectivity index (χ1v) is 32.7. The molecule has 0 aliphatic rings. The second-order valence-electron chi connectivity index (χ2n) is 21.3. The first kappa shape index (κ1) is 74.5. The van der Waals surface area contributed by atoms with Crippen LogP contribution >= 0.6 is 0 Å². The molecule has 1 unspecified atom stereocenters. The van der Waals surface area contributed by atoms with E-state index < -0.39 is 6.10 Å². The van der Waals surface area contributed by atoms with Crippen LogP contribution in [0.4, 0.5) is 0 Å². The second kappa shape index (κ2) is 66.1. The lowest BCUT2D eigenvalue weighted by molar-refractivity contribution is -0.167. The zero-order chi connectivity index (χ0) is 57.1. The Bertz CT molecular complexity index is 1680. The van der Waals surface area contributed by atoms with Crippen molar-refractivity contribution in [1.29, 1.82) is 0 Å². The molecule has 0 heterocycles. The highest BCUT2D eigenvalue weighted by molar-refractivity contribution is 5.71. The predicted octanol–water partition coefficient (Wildman–Crippen LogP) is 22.5. The minimum Gasteiger partial charge on any atom is -0.462 e. The Balaban J connectivity index is 4.45. The molecule has 79 heavy (non-hydrogen) atoms. The van der Waals surface area contributed by atoms with Gasteiger partial charge < -0.3 is 14.2 Å². The van der Waals surface area contributed by atoms with E-state index >= 15 is 0 Å². The van der Waals surface area contributed by atoms with Gasteiger partial charge in [0.2, 0.25) is 0 Å². The first-order chi connectivity index (χ1) is 39.0. The van der Waals surface area contributed by atoms with E-state index in [-0.39, 0.29) is 31.1 Å². The molecule has 0 aliphatic carbocycles. The van der Waals surface area contributed by atoms with Crippen molar-refractivity contribution in [2.75, 3.05) is 13.2 Å². The van der Waals surface area contributed by atoms with Gasteiger partial charge in [0.1, 0.15) is 13.2 Å². The smallest absolute Gasteiger partial charge is 0.306 e. The molecule has 0 bridgehead atoms. The zero-order valence-electron chi connectivity index (χ0n) is 51.3. The van der Waals surface area contributed by atoms with E-state index in [1.807, 2.05) is 0 Å². The number of allylic oxidation sites excluding steroid dienone is 22. The molecular formula is C73H120O6. The summed E-state index contributed by atoms with van der Waals surface area (Å²) in [7, 11) is 0. The second-order valence-corrected chi connectivity index (χ2v) is 21.3. The van der Waals surface area contributed by atoms with Crippen LogP contribution in [0.5, 0.6) is 0 Å². The van der Waals surface area contributed by atoms with Crippen molar-refractivity contribution < 1.29 is 28.6 Å². The summed E-state index contributed by atoms with van der Waals surface area (Å²) in [5, 5.41) is 0. The molecule has 0 spiro atoms. The SMILES string of the molecule is CC/C=C\C/C=C\C/C=C\C/C=C\C/C=C\C/C=C\C/C=C\CCCCCCCC(=O)OCC(COC(=O)CCCCCCC/C=C\C/C=C\CCCCCC)OC(=O)CCCCCCCCC/C=C\C/C=C\CCCCCC. The van der Waals surface area contributed by atoms with Gasteiger partial charge in [0.05, 0.1) is 0 Å². The summed E-state index contributed by atoms with van der Waals surface area (Å²) in [4.78, 5) is 38.4. The summed E-state index contributed by atoms with van der Waals surface area (Å²) in [5.41, 5.74) is 0. The summed E-state index contributed by atoms with van der Waals surface area (Å²) >= 11 is 0. The Hall–Kier alpha value is -4.45. The molecule has 0 radical (unpaired) electrons. The molecule has 1 atom stereocenters. The van der Waals surface area contributed by atoms with E-state index in [1.165, 1.54) is 89.9 Å². The fraction of sp³-hybridized carbons (Fsp3) is 0.658. The topological polar surface area (TPSA) is 78.9 Å². The van der Waals surface area contributed by atoms with Crippen molar-refractivity contribution >= 4 is 17.9 Å². The standard InChI is InChI=1S/C73H120O6/c1-4-7-10-13-16-19-22-25-28-31-33-34-35-36-37-38-39-40-41-43-45-48-51-54-57-60-63-66-72(75)78-69-70(68-77-71(74)65-62-59-56-53-50-47-44-30-27-24-21-18-15-12-9-6-3)79-73(76)67-64-61-58-55-52-49-46-42-32-29-26-23-20-17-14-11-8-5-2/h7,10,16,19-21,23-25,28-30,32-34,36-37,39-40,43-45,70H,4-6,8-9,11-15,17-18,22,26-27,31,35,38,41-42,46-69H2,1-3H3/b10-7-,19-16-,23-20-,24-21-,28-25-,32-29-,34-33-,37-36-,40-39-,44-30-,45-43-. The molecule has 448 valence electrons. The Kier molecular flexibility index (Phi) is 62.3. The van der Waals surface area contributed by atoms with Crippen LogP contribution in [0.25, 0.3) is 0 Å². The normalized spacial score (nSPS) is 13.0. The molecule has 0 saturated carbocycles. The lowest BCUT2D eigenvalue weighted by atomic mass is 10.1. The number of carbonyl (C=O) groups excluding carboxylic acids is 3. The molecule has 6 nitrogen and oxygen atoms in total. The number of carbonyl (C=O) groups is 3. The zero-order valence-corrected chi connectivity index (χ0v) is 51.3. The number of esters is 3. The van der Waals surface area contributed by atoms with Crippen LogP contribution < -0.4 is 0 Å². The maximum Gasteiger partial charge on any atom is 0.306 e. The van der Waals surface area contributed by atoms with Gasteiger partial charge in [-0.2, -0.15) is 0 Å². The summed E-state index contributed by atoms with van der Waals surface area (Å²) in [6.07, 6.45) is 93.0. The van der Waals surface area contributed by atoms with Gasteiger partial charge in [0.25, 0.3) is 0 Å². The average Bonchev–Trinajstić information content (AvgIpc) is 3.45. The van der Waals surface area contributed by atoms with Crippen molar-refractivity contribution in [3.63, 3.8) is 0 Å². The van der Waals surface area contributed by atoms with E-state index in [0.29, 0.717) is 19.3 Å². The van der Waals surface area contributed by atoms with Gasteiger partial charge in [-0.15, -0.1) is 0 Å². The number of hydrogen-bond acceptors (Lipinski definition) is 6. The Morgan fingerprint density at radius 3 is 0.772 bits per heavy atom. The minimum absolute atomic E-state index is 0.0981. The minimum atomic E-state index is -0.803. The van der Waals surface area contributed by atoms with E-state index in [4.69, 9.17) is 14.2 Å².